The fraction of sp³-hybridized carbons (Fsp3) is 1.00. The number of alkyl halides is 1. The van der Waals surface area contributed by atoms with E-state index in [9.17, 15) is 4.39 Å². The van der Waals surface area contributed by atoms with Crippen LogP contribution in [0.25, 0.3) is 0 Å². The number of quaternary nitrogens is 1. The summed E-state index contributed by atoms with van der Waals surface area (Å²) in [6.45, 7) is 13.8. The van der Waals surface area contributed by atoms with Crippen molar-refractivity contribution in [2.75, 3.05) is 46.1 Å². The summed E-state index contributed by atoms with van der Waals surface area (Å²) in [7, 11) is 0. The molecule has 1 saturated heterocycles. The Balaban J connectivity index is 0.000000809. The summed E-state index contributed by atoms with van der Waals surface area (Å²) in [6.07, 6.45) is 12.2. The molecule has 0 saturated carbocycles. The van der Waals surface area contributed by atoms with Crippen LogP contribution in [0.15, 0.2) is 0 Å². The molecule has 0 spiro atoms. The third kappa shape index (κ3) is 12.9. The minimum absolute atomic E-state index is 0.144. The van der Waals surface area contributed by atoms with Crippen LogP contribution in [0.3, 0.4) is 0 Å². The van der Waals surface area contributed by atoms with E-state index in [1.807, 2.05) is 0 Å². The van der Waals surface area contributed by atoms with E-state index in [1.54, 1.807) is 0 Å². The maximum Gasteiger partial charge on any atom is 0.0896 e. The third-order valence-corrected chi connectivity index (χ3v) is 4.80. The van der Waals surface area contributed by atoms with E-state index >= 15 is 0 Å². The summed E-state index contributed by atoms with van der Waals surface area (Å²) in [6, 6.07) is 0. The maximum absolute atomic E-state index is 12.3. The fourth-order valence-corrected chi connectivity index (χ4v) is 3.20. The lowest BCUT2D eigenvalue weighted by Gasteiger charge is -2.39. The van der Waals surface area contributed by atoms with Crippen molar-refractivity contribution in [2.24, 2.45) is 0 Å². The maximum atomic E-state index is 12.3. The van der Waals surface area contributed by atoms with Gasteiger partial charge in [-0.25, -0.2) is 0 Å². The molecule has 0 atom stereocenters. The smallest absolute Gasteiger partial charge is 0.0896 e. The lowest BCUT2D eigenvalue weighted by atomic mass is 10.1. The summed E-state index contributed by atoms with van der Waals surface area (Å²) >= 11 is 0. The van der Waals surface area contributed by atoms with Gasteiger partial charge in [-0.05, 0) is 44.9 Å². The molecule has 140 valence electrons. The zero-order valence-electron chi connectivity index (χ0n) is 16.3. The number of hydrogen-bond acceptors (Lipinski definition) is 1. The molecule has 0 N–H and O–H groups in total. The molecule has 1 aliphatic rings. The molecule has 1 rings (SSSR count). The van der Waals surface area contributed by atoms with Crippen LogP contribution in [0.1, 0.15) is 85.0 Å². The van der Waals surface area contributed by atoms with Gasteiger partial charge < -0.3 is 9.22 Å². The van der Waals surface area contributed by atoms with Crippen LogP contribution in [0, 0.1) is 0 Å². The highest BCUT2D eigenvalue weighted by Crippen LogP contribution is 2.16. The van der Waals surface area contributed by atoms with Crippen LogP contribution in [0.5, 0.6) is 0 Å². The molecule has 3 heteroatoms. The minimum Gasteiger partial charge on any atom is -0.381 e. The molecule has 23 heavy (non-hydrogen) atoms. The summed E-state index contributed by atoms with van der Waals surface area (Å²) in [5, 5.41) is 0. The molecule has 0 radical (unpaired) electrons. The Hall–Kier alpha value is -0.150. The van der Waals surface area contributed by atoms with Crippen molar-refractivity contribution in [3.8, 4) is 0 Å². The van der Waals surface area contributed by atoms with E-state index in [4.69, 9.17) is 4.74 Å². The van der Waals surface area contributed by atoms with Gasteiger partial charge in [-0.15, -0.1) is 0 Å². The van der Waals surface area contributed by atoms with Crippen LogP contribution in [0.2, 0.25) is 0 Å². The Kier molecular flexibility index (Phi) is 16.6. The first kappa shape index (κ1) is 22.9. The van der Waals surface area contributed by atoms with Gasteiger partial charge in [-0.3, -0.25) is 4.39 Å². The molecule has 1 heterocycles. The fourth-order valence-electron chi connectivity index (χ4n) is 3.20. The van der Waals surface area contributed by atoms with Crippen molar-refractivity contribution >= 4 is 0 Å². The third-order valence-electron chi connectivity index (χ3n) is 4.80. The number of ether oxygens (including phenoxy) is 1. The average molecular weight is 333 g/mol. The van der Waals surface area contributed by atoms with E-state index in [0.717, 1.165) is 26.1 Å². The Labute approximate surface area is 145 Å². The van der Waals surface area contributed by atoms with E-state index in [0.29, 0.717) is 0 Å². The molecule has 0 aromatic carbocycles. The second-order valence-electron chi connectivity index (χ2n) is 7.01. The van der Waals surface area contributed by atoms with Gasteiger partial charge in [-0.1, -0.05) is 40.0 Å². The lowest BCUT2D eigenvalue weighted by molar-refractivity contribution is -0.929. The summed E-state index contributed by atoms with van der Waals surface area (Å²) in [5.74, 6) is 0. The van der Waals surface area contributed by atoms with E-state index < -0.39 is 0 Å². The van der Waals surface area contributed by atoms with Crippen molar-refractivity contribution < 1.29 is 13.6 Å². The number of halogens is 1. The van der Waals surface area contributed by atoms with Crippen LogP contribution >= 0.6 is 0 Å². The van der Waals surface area contributed by atoms with Crippen LogP contribution in [-0.2, 0) is 4.74 Å². The molecule has 0 aliphatic carbocycles. The van der Waals surface area contributed by atoms with E-state index in [2.05, 4.69) is 20.8 Å². The Bertz CT molecular complexity index is 202. The van der Waals surface area contributed by atoms with Crippen molar-refractivity contribution in [3.63, 3.8) is 0 Å². The molecule has 0 aromatic heterocycles. The van der Waals surface area contributed by atoms with Crippen molar-refractivity contribution in [3.05, 3.63) is 0 Å². The molecule has 2 nitrogen and oxygen atoms in total. The van der Waals surface area contributed by atoms with Crippen molar-refractivity contribution in [2.45, 2.75) is 85.0 Å². The normalized spacial score (nSPS) is 14.6. The Morgan fingerprint density at radius 2 is 1.13 bits per heavy atom. The van der Waals surface area contributed by atoms with Gasteiger partial charge in [0.25, 0.3) is 0 Å². The van der Waals surface area contributed by atoms with Gasteiger partial charge in [0.15, 0.2) is 0 Å². The van der Waals surface area contributed by atoms with Crippen LogP contribution in [0.4, 0.5) is 4.39 Å². The average Bonchev–Trinajstić information content (AvgIpc) is 3.16. The Morgan fingerprint density at radius 1 is 0.696 bits per heavy atom. The zero-order valence-corrected chi connectivity index (χ0v) is 16.3. The highest BCUT2D eigenvalue weighted by Gasteiger charge is 2.24. The summed E-state index contributed by atoms with van der Waals surface area (Å²) in [5.41, 5.74) is 0. The number of rotatable bonds is 13. The topological polar surface area (TPSA) is 9.23 Å². The zero-order chi connectivity index (χ0) is 17.2. The van der Waals surface area contributed by atoms with Gasteiger partial charge >= 0.3 is 0 Å². The minimum atomic E-state index is -0.144. The van der Waals surface area contributed by atoms with E-state index in [1.165, 1.54) is 82.0 Å². The number of hydrogen-bond donors (Lipinski definition) is 0. The largest absolute Gasteiger partial charge is 0.381 e. The van der Waals surface area contributed by atoms with Crippen LogP contribution in [-0.4, -0.2) is 50.6 Å². The first-order chi connectivity index (χ1) is 11.2. The monoisotopic (exact) mass is 332 g/mol. The SMILES string of the molecule is C1CCOC1.CCCC[N+](CCCC)(CCCC)CCCCF. The van der Waals surface area contributed by atoms with Gasteiger partial charge in [0, 0.05) is 13.2 Å². The molecule has 0 aromatic rings. The summed E-state index contributed by atoms with van der Waals surface area (Å²) in [4.78, 5) is 0. The molecule has 1 aliphatic heterocycles. The number of unbranched alkanes of at least 4 members (excludes halogenated alkanes) is 4. The second-order valence-corrected chi connectivity index (χ2v) is 7.01. The van der Waals surface area contributed by atoms with Gasteiger partial charge in [0.2, 0.25) is 0 Å². The highest BCUT2D eigenvalue weighted by atomic mass is 19.1. The predicted molar refractivity (Wildman–Crippen MR) is 99.7 cm³/mol. The summed E-state index contributed by atoms with van der Waals surface area (Å²) < 4.78 is 18.5. The van der Waals surface area contributed by atoms with Gasteiger partial charge in [0.05, 0.1) is 32.9 Å². The molecular formula is C20H43FNO+. The van der Waals surface area contributed by atoms with E-state index in [-0.39, 0.29) is 6.67 Å². The second kappa shape index (κ2) is 16.7. The molecule has 0 amide bonds. The molecular weight excluding hydrogens is 289 g/mol. The highest BCUT2D eigenvalue weighted by molar-refractivity contribution is 4.50. The molecule has 0 bridgehead atoms. The predicted octanol–water partition coefficient (Wildman–Crippen LogP) is 5.75. The first-order valence-corrected chi connectivity index (χ1v) is 10.2. The van der Waals surface area contributed by atoms with Gasteiger partial charge in [-0.2, -0.15) is 0 Å². The molecule has 0 unspecified atom stereocenters. The van der Waals surface area contributed by atoms with Crippen molar-refractivity contribution in [1.29, 1.82) is 0 Å². The molecule has 1 fully saturated rings. The lowest BCUT2D eigenvalue weighted by Crippen LogP contribution is -2.50. The first-order valence-electron chi connectivity index (χ1n) is 10.2. The Morgan fingerprint density at radius 3 is 1.43 bits per heavy atom. The quantitative estimate of drug-likeness (QED) is 0.308. The standard InChI is InChI=1S/C16H35FN.C4H8O/c1-4-7-13-18(14-8-5-2,15-9-6-3)16-11-10-12-17;1-2-4-5-3-1/h4-16H2,1-3H3;1-4H2/q+1;. The van der Waals surface area contributed by atoms with Crippen LogP contribution < -0.4 is 0 Å². The van der Waals surface area contributed by atoms with Crippen molar-refractivity contribution in [1.82, 2.24) is 0 Å². The number of nitrogens with zero attached hydrogens (tertiary/aromatic N) is 1. The van der Waals surface area contributed by atoms with Gasteiger partial charge in [0.1, 0.15) is 0 Å².